The molecular weight excluding hydrogens is 193 g/mol. The molecule has 1 aromatic carbocycles. The molecule has 0 aliphatic carbocycles. The van der Waals surface area contributed by atoms with Gasteiger partial charge in [-0.2, -0.15) is 5.26 Å². The van der Waals surface area contributed by atoms with Gasteiger partial charge in [-0.3, -0.25) is 0 Å². The Morgan fingerprint density at radius 1 is 1.62 bits per heavy atom. The van der Waals surface area contributed by atoms with Crippen molar-refractivity contribution in [3.8, 4) is 11.8 Å². The van der Waals surface area contributed by atoms with Crippen LogP contribution in [0, 0.1) is 17.1 Å². The third-order valence-electron chi connectivity index (χ3n) is 1.38. The van der Waals surface area contributed by atoms with E-state index in [9.17, 15) is 4.39 Å². The van der Waals surface area contributed by atoms with E-state index in [1.165, 1.54) is 12.1 Å². The van der Waals surface area contributed by atoms with E-state index in [1.54, 1.807) is 6.92 Å². The smallest absolute Gasteiger partial charge is 0.181 e. The topological polar surface area (TPSA) is 33.0 Å². The minimum absolute atomic E-state index is 0.169. The fourth-order valence-corrected chi connectivity index (χ4v) is 0.999. The van der Waals surface area contributed by atoms with Crippen LogP contribution in [0.3, 0.4) is 0 Å². The maximum absolute atomic E-state index is 12.6. The Kier molecular flexibility index (Phi) is 3.10. The largest absolute Gasteiger partial charge is 0.474 e. The van der Waals surface area contributed by atoms with Crippen LogP contribution in [0.25, 0.3) is 0 Å². The van der Waals surface area contributed by atoms with Crippen molar-refractivity contribution in [2.45, 2.75) is 13.0 Å². The van der Waals surface area contributed by atoms with Gasteiger partial charge in [0.05, 0.1) is 5.02 Å². The highest BCUT2D eigenvalue weighted by molar-refractivity contribution is 6.32. The lowest BCUT2D eigenvalue weighted by Crippen LogP contribution is -2.08. The number of hydrogen-bond acceptors (Lipinski definition) is 2. The van der Waals surface area contributed by atoms with E-state index in [4.69, 9.17) is 21.6 Å². The Labute approximate surface area is 80.5 Å². The molecule has 0 aromatic heterocycles. The lowest BCUT2D eigenvalue weighted by molar-refractivity contribution is 0.276. The van der Waals surface area contributed by atoms with Crippen molar-refractivity contribution in [3.05, 3.63) is 29.0 Å². The van der Waals surface area contributed by atoms with Gasteiger partial charge in [-0.25, -0.2) is 4.39 Å². The fourth-order valence-electron chi connectivity index (χ4n) is 0.788. The number of hydrogen-bond donors (Lipinski definition) is 0. The molecule has 0 saturated carbocycles. The Bertz CT molecular complexity index is 348. The molecule has 0 fully saturated rings. The maximum Gasteiger partial charge on any atom is 0.181 e. The van der Waals surface area contributed by atoms with Crippen LogP contribution in [-0.2, 0) is 0 Å². The molecule has 2 nitrogen and oxygen atoms in total. The van der Waals surface area contributed by atoms with Gasteiger partial charge in [0.2, 0.25) is 0 Å². The van der Waals surface area contributed by atoms with Gasteiger partial charge in [0.1, 0.15) is 17.6 Å². The number of rotatable bonds is 2. The molecule has 0 spiro atoms. The van der Waals surface area contributed by atoms with Crippen LogP contribution in [0.15, 0.2) is 18.2 Å². The predicted molar refractivity (Wildman–Crippen MR) is 47.1 cm³/mol. The summed E-state index contributed by atoms with van der Waals surface area (Å²) in [4.78, 5) is 0. The standard InChI is InChI=1S/C9H7ClFNO/c1-6(5-12)13-9-3-2-7(11)4-8(9)10/h2-4,6H,1H3. The van der Waals surface area contributed by atoms with E-state index in [0.29, 0.717) is 5.75 Å². The normalized spacial score (nSPS) is 11.8. The van der Waals surface area contributed by atoms with Gasteiger partial charge in [0, 0.05) is 0 Å². The van der Waals surface area contributed by atoms with Gasteiger partial charge in [-0.1, -0.05) is 11.6 Å². The molecular formula is C9H7ClFNO. The fraction of sp³-hybridized carbons (Fsp3) is 0.222. The molecule has 0 bridgehead atoms. The molecule has 1 unspecified atom stereocenters. The second kappa shape index (κ2) is 4.11. The Morgan fingerprint density at radius 3 is 2.85 bits per heavy atom. The Balaban J connectivity index is 2.85. The molecule has 0 saturated heterocycles. The Morgan fingerprint density at radius 2 is 2.31 bits per heavy atom. The summed E-state index contributed by atoms with van der Waals surface area (Å²) < 4.78 is 17.7. The maximum atomic E-state index is 12.6. The summed E-state index contributed by atoms with van der Waals surface area (Å²) in [5.41, 5.74) is 0. The van der Waals surface area contributed by atoms with Crippen molar-refractivity contribution >= 4 is 11.6 Å². The van der Waals surface area contributed by atoms with Gasteiger partial charge >= 0.3 is 0 Å². The molecule has 0 radical (unpaired) electrons. The summed E-state index contributed by atoms with van der Waals surface area (Å²) in [5.74, 6) is -0.112. The van der Waals surface area contributed by atoms with Gasteiger partial charge in [-0.15, -0.1) is 0 Å². The van der Waals surface area contributed by atoms with Gasteiger partial charge < -0.3 is 4.74 Å². The van der Waals surface area contributed by atoms with E-state index in [2.05, 4.69) is 0 Å². The zero-order valence-corrected chi connectivity index (χ0v) is 7.68. The molecule has 1 atom stereocenters. The van der Waals surface area contributed by atoms with Crippen LogP contribution in [-0.4, -0.2) is 6.10 Å². The van der Waals surface area contributed by atoms with Crippen molar-refractivity contribution in [1.29, 1.82) is 5.26 Å². The van der Waals surface area contributed by atoms with Crippen LogP contribution in [0.1, 0.15) is 6.92 Å². The van der Waals surface area contributed by atoms with Crippen molar-refractivity contribution in [2.75, 3.05) is 0 Å². The first kappa shape index (κ1) is 9.82. The monoisotopic (exact) mass is 199 g/mol. The molecule has 0 heterocycles. The van der Waals surface area contributed by atoms with E-state index < -0.39 is 11.9 Å². The van der Waals surface area contributed by atoms with Crippen molar-refractivity contribution in [3.63, 3.8) is 0 Å². The minimum atomic E-state index is -0.594. The number of ether oxygens (including phenoxy) is 1. The van der Waals surface area contributed by atoms with Crippen LogP contribution in [0.4, 0.5) is 4.39 Å². The number of nitrogens with zero attached hydrogens (tertiary/aromatic N) is 1. The second-order valence-corrected chi connectivity index (χ2v) is 2.87. The molecule has 1 rings (SSSR count). The molecule has 0 aliphatic rings. The van der Waals surface area contributed by atoms with Gasteiger partial charge in [-0.05, 0) is 25.1 Å². The zero-order chi connectivity index (χ0) is 9.84. The minimum Gasteiger partial charge on any atom is -0.474 e. The van der Waals surface area contributed by atoms with E-state index in [0.717, 1.165) is 6.07 Å². The number of halogens is 2. The van der Waals surface area contributed by atoms with E-state index in [1.807, 2.05) is 6.07 Å². The summed E-state index contributed by atoms with van der Waals surface area (Å²) >= 11 is 5.66. The van der Waals surface area contributed by atoms with Crippen LogP contribution < -0.4 is 4.74 Å². The molecule has 0 amide bonds. The van der Waals surface area contributed by atoms with Crippen molar-refractivity contribution in [2.24, 2.45) is 0 Å². The summed E-state index contributed by atoms with van der Waals surface area (Å²) in [6.07, 6.45) is -0.594. The quantitative estimate of drug-likeness (QED) is 0.734. The van der Waals surface area contributed by atoms with Crippen LogP contribution in [0.5, 0.6) is 5.75 Å². The average molecular weight is 200 g/mol. The highest BCUT2D eigenvalue weighted by Crippen LogP contribution is 2.25. The highest BCUT2D eigenvalue weighted by atomic mass is 35.5. The van der Waals surface area contributed by atoms with Crippen molar-refractivity contribution < 1.29 is 9.13 Å². The molecule has 4 heteroatoms. The SMILES string of the molecule is CC(C#N)Oc1ccc(F)cc1Cl. The first-order valence-electron chi connectivity index (χ1n) is 3.65. The molecule has 0 aliphatic heterocycles. The number of nitriles is 1. The first-order chi connectivity index (χ1) is 6.13. The summed E-state index contributed by atoms with van der Waals surface area (Å²) in [6, 6.07) is 5.64. The van der Waals surface area contributed by atoms with Crippen molar-refractivity contribution in [1.82, 2.24) is 0 Å². The molecule has 68 valence electrons. The zero-order valence-electron chi connectivity index (χ0n) is 6.92. The third-order valence-corrected chi connectivity index (χ3v) is 1.67. The van der Waals surface area contributed by atoms with Gasteiger partial charge in [0.15, 0.2) is 6.10 Å². The predicted octanol–water partition coefficient (Wildman–Crippen LogP) is 2.77. The third kappa shape index (κ3) is 2.60. The molecule has 0 N–H and O–H groups in total. The van der Waals surface area contributed by atoms with Gasteiger partial charge in [0.25, 0.3) is 0 Å². The van der Waals surface area contributed by atoms with Crippen LogP contribution in [0.2, 0.25) is 5.02 Å². The number of benzene rings is 1. The first-order valence-corrected chi connectivity index (χ1v) is 4.02. The summed E-state index contributed by atoms with van der Waals surface area (Å²) in [6.45, 7) is 1.58. The van der Waals surface area contributed by atoms with E-state index in [-0.39, 0.29) is 5.02 Å². The Hall–Kier alpha value is -1.27. The summed E-state index contributed by atoms with van der Waals surface area (Å²) in [7, 11) is 0. The molecule has 1 aromatic rings. The molecule has 13 heavy (non-hydrogen) atoms. The summed E-state index contributed by atoms with van der Waals surface area (Å²) in [5, 5.41) is 8.62. The lowest BCUT2D eigenvalue weighted by Gasteiger charge is -2.08. The van der Waals surface area contributed by atoms with E-state index >= 15 is 0 Å². The highest BCUT2D eigenvalue weighted by Gasteiger charge is 2.06. The average Bonchev–Trinajstić information content (AvgIpc) is 2.09. The lowest BCUT2D eigenvalue weighted by atomic mass is 10.3. The van der Waals surface area contributed by atoms with Crippen LogP contribution >= 0.6 is 11.6 Å². The second-order valence-electron chi connectivity index (χ2n) is 2.46.